The molecule has 1 aromatic heterocycles. The van der Waals surface area contributed by atoms with Crippen LogP contribution in [0.1, 0.15) is 25.7 Å². The van der Waals surface area contributed by atoms with E-state index in [0.717, 1.165) is 35.2 Å². The van der Waals surface area contributed by atoms with Gasteiger partial charge in [-0.1, -0.05) is 42.3 Å². The number of rotatable bonds is 6. The Morgan fingerprint density at radius 3 is 2.44 bits per heavy atom. The topological polar surface area (TPSA) is 71.7 Å². The Kier molecular flexibility index (Phi) is 6.57. The zero-order valence-corrected chi connectivity index (χ0v) is 19.5. The minimum Gasteiger partial charge on any atom is -0.508 e. The number of hydrogen-bond acceptors (Lipinski definition) is 5. The van der Waals surface area contributed by atoms with Gasteiger partial charge >= 0.3 is 5.63 Å². The third-order valence-electron chi connectivity index (χ3n) is 6.31. The van der Waals surface area contributed by atoms with Gasteiger partial charge in [-0.05, 0) is 73.3 Å². The Morgan fingerprint density at radius 1 is 0.971 bits per heavy atom. The van der Waals surface area contributed by atoms with Gasteiger partial charge in [0.15, 0.2) is 0 Å². The van der Waals surface area contributed by atoms with Gasteiger partial charge in [0.1, 0.15) is 17.1 Å². The molecule has 0 saturated carbocycles. The highest BCUT2D eigenvalue weighted by Gasteiger charge is 2.19. The molecule has 0 radical (unpaired) electrons. The SMILES string of the molecule is O=c1oc2cc(O)ccc2c(-c2ccc(OCCC3CCCCN3)cc2)c1-c1ccc(Cl)cc1. The van der Waals surface area contributed by atoms with Crippen molar-refractivity contribution in [1.29, 1.82) is 0 Å². The van der Waals surface area contributed by atoms with Gasteiger partial charge in [-0.3, -0.25) is 0 Å². The fraction of sp³-hybridized carbons (Fsp3) is 0.250. The van der Waals surface area contributed by atoms with Crippen LogP contribution in [0.3, 0.4) is 0 Å². The number of aromatic hydroxyl groups is 1. The minimum atomic E-state index is -0.476. The number of benzene rings is 3. The van der Waals surface area contributed by atoms with Crippen LogP contribution in [0.25, 0.3) is 33.2 Å². The molecule has 5 rings (SSSR count). The Bertz CT molecular complexity index is 1340. The third kappa shape index (κ3) is 4.81. The van der Waals surface area contributed by atoms with Crippen LogP contribution in [-0.2, 0) is 0 Å². The van der Waals surface area contributed by atoms with Gasteiger partial charge in [0.05, 0.1) is 12.2 Å². The Labute approximate surface area is 203 Å². The van der Waals surface area contributed by atoms with Gasteiger partial charge in [0.25, 0.3) is 0 Å². The molecule has 0 amide bonds. The summed E-state index contributed by atoms with van der Waals surface area (Å²) in [6.07, 6.45) is 4.72. The average Bonchev–Trinajstić information content (AvgIpc) is 2.85. The number of ether oxygens (including phenoxy) is 1. The van der Waals surface area contributed by atoms with E-state index in [2.05, 4.69) is 5.32 Å². The molecular weight excluding hydrogens is 450 g/mol. The number of fused-ring (bicyclic) bond motifs is 1. The van der Waals surface area contributed by atoms with Crippen molar-refractivity contribution in [2.24, 2.45) is 0 Å². The van der Waals surface area contributed by atoms with Crippen molar-refractivity contribution in [2.75, 3.05) is 13.2 Å². The van der Waals surface area contributed by atoms with Gasteiger partial charge in [0, 0.05) is 28.1 Å². The predicted octanol–water partition coefficient (Wildman–Crippen LogP) is 6.40. The van der Waals surface area contributed by atoms with Gasteiger partial charge in [-0.15, -0.1) is 0 Å². The van der Waals surface area contributed by atoms with E-state index < -0.39 is 5.63 Å². The van der Waals surface area contributed by atoms with E-state index in [-0.39, 0.29) is 5.75 Å². The molecule has 3 aromatic carbocycles. The normalized spacial score (nSPS) is 16.0. The molecule has 6 heteroatoms. The van der Waals surface area contributed by atoms with E-state index in [1.165, 1.54) is 25.3 Å². The predicted molar refractivity (Wildman–Crippen MR) is 136 cm³/mol. The van der Waals surface area contributed by atoms with Crippen molar-refractivity contribution < 1.29 is 14.3 Å². The molecule has 34 heavy (non-hydrogen) atoms. The molecule has 0 bridgehead atoms. The second kappa shape index (κ2) is 9.92. The molecule has 1 unspecified atom stereocenters. The summed E-state index contributed by atoms with van der Waals surface area (Å²) in [5, 5.41) is 14.8. The van der Waals surface area contributed by atoms with Gasteiger partial charge in [-0.2, -0.15) is 0 Å². The van der Waals surface area contributed by atoms with E-state index >= 15 is 0 Å². The average molecular weight is 476 g/mol. The largest absolute Gasteiger partial charge is 0.508 e. The standard InChI is InChI=1S/C28H26ClNO4/c29-20-8-4-19(5-9-20)27-26(24-13-10-22(31)17-25(24)34-28(27)32)18-6-11-23(12-7-18)33-16-14-21-3-1-2-15-30-21/h4-13,17,21,30-31H,1-3,14-16H2. The first-order valence-electron chi connectivity index (χ1n) is 11.6. The Balaban J connectivity index is 1.49. The number of nitrogens with one attached hydrogen (secondary N) is 1. The summed E-state index contributed by atoms with van der Waals surface area (Å²) in [6.45, 7) is 1.75. The maximum atomic E-state index is 13.1. The van der Waals surface area contributed by atoms with Crippen molar-refractivity contribution in [1.82, 2.24) is 5.32 Å². The monoisotopic (exact) mass is 475 g/mol. The third-order valence-corrected chi connectivity index (χ3v) is 6.57. The second-order valence-electron chi connectivity index (χ2n) is 8.64. The molecule has 1 atom stereocenters. The van der Waals surface area contributed by atoms with Crippen LogP contribution in [-0.4, -0.2) is 24.3 Å². The number of phenolic OH excluding ortho intramolecular Hbond substituents is 1. The first-order valence-corrected chi connectivity index (χ1v) is 12.0. The summed E-state index contributed by atoms with van der Waals surface area (Å²) in [7, 11) is 0. The van der Waals surface area contributed by atoms with E-state index in [1.54, 1.807) is 36.4 Å². The summed E-state index contributed by atoms with van der Waals surface area (Å²) in [5.74, 6) is 0.828. The molecule has 1 aliphatic heterocycles. The van der Waals surface area contributed by atoms with E-state index in [9.17, 15) is 9.90 Å². The van der Waals surface area contributed by atoms with Crippen LogP contribution in [0, 0.1) is 0 Å². The molecule has 1 aliphatic rings. The lowest BCUT2D eigenvalue weighted by Crippen LogP contribution is -2.35. The maximum absolute atomic E-state index is 13.1. The lowest BCUT2D eigenvalue weighted by Gasteiger charge is -2.23. The van der Waals surface area contributed by atoms with Crippen LogP contribution >= 0.6 is 11.6 Å². The first-order chi connectivity index (χ1) is 16.6. The zero-order chi connectivity index (χ0) is 23.5. The fourth-order valence-electron chi connectivity index (χ4n) is 4.58. The summed E-state index contributed by atoms with van der Waals surface area (Å²) < 4.78 is 11.6. The molecular formula is C28H26ClNO4. The number of halogens is 1. The van der Waals surface area contributed by atoms with Gasteiger partial charge < -0.3 is 19.6 Å². The Morgan fingerprint density at radius 2 is 1.71 bits per heavy atom. The van der Waals surface area contributed by atoms with E-state index in [4.69, 9.17) is 20.8 Å². The molecule has 0 spiro atoms. The van der Waals surface area contributed by atoms with Gasteiger partial charge in [-0.25, -0.2) is 4.79 Å². The fourth-order valence-corrected chi connectivity index (χ4v) is 4.70. The van der Waals surface area contributed by atoms with Crippen LogP contribution in [0.5, 0.6) is 11.5 Å². The molecule has 2 heterocycles. The van der Waals surface area contributed by atoms with Gasteiger partial charge in [0.2, 0.25) is 0 Å². The minimum absolute atomic E-state index is 0.0389. The smallest absolute Gasteiger partial charge is 0.344 e. The summed E-state index contributed by atoms with van der Waals surface area (Å²) in [4.78, 5) is 13.1. The van der Waals surface area contributed by atoms with Crippen LogP contribution in [0.15, 0.2) is 75.9 Å². The van der Waals surface area contributed by atoms with Crippen LogP contribution < -0.4 is 15.7 Å². The highest BCUT2D eigenvalue weighted by molar-refractivity contribution is 6.30. The van der Waals surface area contributed by atoms with Crippen molar-refractivity contribution >= 4 is 22.6 Å². The maximum Gasteiger partial charge on any atom is 0.344 e. The first kappa shape index (κ1) is 22.5. The Hall–Kier alpha value is -3.28. The molecule has 5 nitrogen and oxygen atoms in total. The zero-order valence-electron chi connectivity index (χ0n) is 18.7. The number of phenols is 1. The molecule has 2 N–H and O–H groups in total. The molecule has 1 fully saturated rings. The summed E-state index contributed by atoms with van der Waals surface area (Å²) in [6, 6.07) is 20.2. The molecule has 1 saturated heterocycles. The van der Waals surface area contributed by atoms with Crippen molar-refractivity contribution in [2.45, 2.75) is 31.7 Å². The molecule has 174 valence electrons. The highest BCUT2D eigenvalue weighted by Crippen LogP contribution is 2.37. The summed E-state index contributed by atoms with van der Waals surface area (Å²) in [5.41, 5.74) is 2.62. The van der Waals surface area contributed by atoms with Crippen molar-refractivity contribution in [3.05, 3.63) is 82.2 Å². The lowest BCUT2D eigenvalue weighted by molar-refractivity contribution is 0.268. The lowest BCUT2D eigenvalue weighted by atomic mass is 9.93. The number of piperidine rings is 1. The molecule has 4 aromatic rings. The van der Waals surface area contributed by atoms with E-state index in [1.807, 2.05) is 24.3 Å². The van der Waals surface area contributed by atoms with Crippen LogP contribution in [0.2, 0.25) is 5.02 Å². The van der Waals surface area contributed by atoms with Crippen LogP contribution in [0.4, 0.5) is 0 Å². The molecule has 0 aliphatic carbocycles. The van der Waals surface area contributed by atoms with Crippen molar-refractivity contribution in [3.63, 3.8) is 0 Å². The summed E-state index contributed by atoms with van der Waals surface area (Å²) >= 11 is 6.07. The quantitative estimate of drug-likeness (QED) is 0.316. The second-order valence-corrected chi connectivity index (χ2v) is 9.07. The highest BCUT2D eigenvalue weighted by atomic mass is 35.5. The number of hydrogen-bond donors (Lipinski definition) is 2. The van der Waals surface area contributed by atoms with Crippen molar-refractivity contribution in [3.8, 4) is 33.8 Å². The van der Waals surface area contributed by atoms with E-state index in [0.29, 0.717) is 34.4 Å².